The second kappa shape index (κ2) is 4.47. The molecule has 1 atom stereocenters. The van der Waals surface area contributed by atoms with Gasteiger partial charge in [-0.3, -0.25) is 4.79 Å². The first-order valence-electron chi connectivity index (χ1n) is 4.63. The van der Waals surface area contributed by atoms with Crippen LogP contribution in [0.25, 0.3) is 0 Å². The van der Waals surface area contributed by atoms with Gasteiger partial charge in [-0.25, -0.2) is 9.97 Å². The molecular weight excluding hydrogens is 317 g/mol. The Balaban J connectivity index is 2.44. The molecule has 1 aliphatic rings. The van der Waals surface area contributed by atoms with Gasteiger partial charge in [0, 0.05) is 17.8 Å². The molecule has 0 aliphatic carbocycles. The zero-order chi connectivity index (χ0) is 11.9. The summed E-state index contributed by atoms with van der Waals surface area (Å²) in [5, 5.41) is 0.306. The third kappa shape index (κ3) is 2.17. The van der Waals surface area contributed by atoms with Gasteiger partial charge in [0.15, 0.2) is 5.15 Å². The van der Waals surface area contributed by atoms with Crippen molar-refractivity contribution in [3.63, 3.8) is 0 Å². The molecule has 4 nitrogen and oxygen atoms in total. The predicted molar refractivity (Wildman–Crippen MR) is 66.5 cm³/mol. The van der Waals surface area contributed by atoms with Crippen molar-refractivity contribution < 1.29 is 4.79 Å². The van der Waals surface area contributed by atoms with E-state index >= 15 is 0 Å². The first-order chi connectivity index (χ1) is 7.49. The number of nitrogens with zero attached hydrogens (tertiary/aromatic N) is 3. The van der Waals surface area contributed by atoms with Crippen LogP contribution >= 0.6 is 39.1 Å². The van der Waals surface area contributed by atoms with Crippen molar-refractivity contribution in [1.82, 2.24) is 9.97 Å². The molecule has 86 valence electrons. The van der Waals surface area contributed by atoms with E-state index in [-0.39, 0.29) is 21.2 Å². The second-order valence-electron chi connectivity index (χ2n) is 3.52. The highest BCUT2D eigenvalue weighted by Gasteiger charge is 2.32. The van der Waals surface area contributed by atoms with Crippen LogP contribution in [0.15, 0.2) is 0 Å². The van der Waals surface area contributed by atoms with Crippen molar-refractivity contribution in [3.8, 4) is 0 Å². The van der Waals surface area contributed by atoms with Gasteiger partial charge < -0.3 is 4.90 Å². The van der Waals surface area contributed by atoms with Crippen LogP contribution in [0.5, 0.6) is 0 Å². The summed E-state index contributed by atoms with van der Waals surface area (Å²) < 4.78 is 0. The number of hydrogen-bond acceptors (Lipinski definition) is 3. The molecule has 1 aliphatic heterocycles. The van der Waals surface area contributed by atoms with E-state index in [9.17, 15) is 4.79 Å². The van der Waals surface area contributed by atoms with Crippen molar-refractivity contribution in [1.29, 1.82) is 0 Å². The summed E-state index contributed by atoms with van der Waals surface area (Å²) >= 11 is 15.1. The first-order valence-corrected chi connectivity index (χ1v) is 6.30. The van der Waals surface area contributed by atoms with E-state index in [0.717, 1.165) is 0 Å². The second-order valence-corrected chi connectivity index (χ2v) is 5.51. The largest absolute Gasteiger partial charge is 0.307 e. The number of amides is 1. The van der Waals surface area contributed by atoms with Crippen molar-refractivity contribution >= 4 is 50.7 Å². The van der Waals surface area contributed by atoms with Gasteiger partial charge in [-0.05, 0) is 18.5 Å². The number of carbonyl (C=O) groups is 1. The third-order valence-corrected chi connectivity index (χ3v) is 3.38. The Labute approximate surface area is 111 Å². The number of rotatable bonds is 1. The highest BCUT2D eigenvalue weighted by molar-refractivity contribution is 9.09. The SMILES string of the molecule is Cc1nc(Cl)nc(Cl)c1N1CC(Br)CC1=O. The quantitative estimate of drug-likeness (QED) is 0.453. The lowest BCUT2D eigenvalue weighted by atomic mass is 10.3. The van der Waals surface area contributed by atoms with Crippen LogP contribution in [-0.4, -0.2) is 27.2 Å². The lowest BCUT2D eigenvalue weighted by Crippen LogP contribution is -2.26. The summed E-state index contributed by atoms with van der Waals surface area (Å²) in [6.45, 7) is 2.33. The number of carbonyl (C=O) groups excluding carboxylic acids is 1. The predicted octanol–water partition coefficient (Wildman–Crippen LogP) is 2.59. The first kappa shape index (κ1) is 12.1. The number of hydrogen-bond donors (Lipinski definition) is 0. The van der Waals surface area contributed by atoms with E-state index in [2.05, 4.69) is 25.9 Å². The van der Waals surface area contributed by atoms with E-state index in [1.165, 1.54) is 0 Å². The molecule has 1 aromatic rings. The van der Waals surface area contributed by atoms with Gasteiger partial charge in [-0.1, -0.05) is 27.5 Å². The minimum atomic E-state index is 0.0118. The van der Waals surface area contributed by atoms with E-state index in [1.807, 2.05) is 0 Å². The Bertz CT molecular complexity index is 431. The smallest absolute Gasteiger partial charge is 0.228 e. The third-order valence-electron chi connectivity index (χ3n) is 2.34. The minimum Gasteiger partial charge on any atom is -0.307 e. The van der Waals surface area contributed by atoms with Gasteiger partial charge >= 0.3 is 0 Å². The van der Waals surface area contributed by atoms with E-state index in [0.29, 0.717) is 24.3 Å². The Morgan fingerprint density at radius 1 is 1.44 bits per heavy atom. The maximum atomic E-state index is 11.7. The highest BCUT2D eigenvalue weighted by Crippen LogP contribution is 2.32. The van der Waals surface area contributed by atoms with Gasteiger partial charge in [0.1, 0.15) is 5.69 Å². The Hall–Kier alpha value is -0.390. The number of aryl methyl sites for hydroxylation is 1. The molecule has 0 radical (unpaired) electrons. The van der Waals surface area contributed by atoms with Crippen molar-refractivity contribution in [2.24, 2.45) is 0 Å². The molecule has 0 bridgehead atoms. The highest BCUT2D eigenvalue weighted by atomic mass is 79.9. The van der Waals surface area contributed by atoms with Crippen LogP contribution in [0.4, 0.5) is 5.69 Å². The molecule has 1 aromatic heterocycles. The van der Waals surface area contributed by atoms with Gasteiger partial charge in [0.05, 0.1) is 5.69 Å². The number of alkyl halides is 1. The summed E-state index contributed by atoms with van der Waals surface area (Å²) in [4.78, 5) is 21.3. The molecule has 2 heterocycles. The topological polar surface area (TPSA) is 46.1 Å². The van der Waals surface area contributed by atoms with Crippen LogP contribution in [0, 0.1) is 6.92 Å². The summed E-state index contributed by atoms with van der Waals surface area (Å²) in [6.07, 6.45) is 0.457. The fraction of sp³-hybridized carbons (Fsp3) is 0.444. The van der Waals surface area contributed by atoms with Crippen molar-refractivity contribution in [2.75, 3.05) is 11.4 Å². The standard InChI is InChI=1S/C9H8BrCl2N3O/c1-4-7(8(11)14-9(12)13-4)15-3-5(10)2-6(15)16/h5H,2-3H2,1H3. The van der Waals surface area contributed by atoms with Gasteiger partial charge in [0.2, 0.25) is 11.2 Å². The fourth-order valence-electron chi connectivity index (χ4n) is 1.69. The van der Waals surface area contributed by atoms with Gasteiger partial charge in [-0.15, -0.1) is 0 Å². The number of anilines is 1. The van der Waals surface area contributed by atoms with Crippen LogP contribution in [-0.2, 0) is 4.79 Å². The number of aromatic nitrogens is 2. The monoisotopic (exact) mass is 323 g/mol. The average molecular weight is 325 g/mol. The normalized spacial score (nSPS) is 20.6. The maximum Gasteiger partial charge on any atom is 0.228 e. The summed E-state index contributed by atoms with van der Waals surface area (Å²) in [5.74, 6) is 0.0118. The zero-order valence-electron chi connectivity index (χ0n) is 8.38. The molecule has 1 saturated heterocycles. The molecule has 1 fully saturated rings. The van der Waals surface area contributed by atoms with Crippen LogP contribution in [0.3, 0.4) is 0 Å². The zero-order valence-corrected chi connectivity index (χ0v) is 11.5. The summed E-state index contributed by atoms with van der Waals surface area (Å²) in [7, 11) is 0. The van der Waals surface area contributed by atoms with Crippen molar-refractivity contribution in [2.45, 2.75) is 18.2 Å². The minimum absolute atomic E-state index is 0.0118. The lowest BCUT2D eigenvalue weighted by molar-refractivity contribution is -0.117. The molecule has 0 saturated carbocycles. The summed E-state index contributed by atoms with van der Waals surface area (Å²) in [6, 6.07) is 0. The van der Waals surface area contributed by atoms with Gasteiger partial charge in [0.25, 0.3) is 0 Å². The van der Waals surface area contributed by atoms with Crippen molar-refractivity contribution in [3.05, 3.63) is 16.1 Å². The average Bonchev–Trinajstić information content (AvgIpc) is 2.43. The van der Waals surface area contributed by atoms with E-state index in [4.69, 9.17) is 23.2 Å². The molecule has 2 rings (SSSR count). The van der Waals surface area contributed by atoms with Gasteiger partial charge in [-0.2, -0.15) is 0 Å². The summed E-state index contributed by atoms with van der Waals surface area (Å²) in [5.41, 5.74) is 1.16. The fourth-order valence-corrected chi connectivity index (χ4v) is 2.83. The molecule has 1 unspecified atom stereocenters. The van der Waals surface area contributed by atoms with Crippen LogP contribution < -0.4 is 4.90 Å². The molecule has 0 N–H and O–H groups in total. The van der Waals surface area contributed by atoms with Crippen LogP contribution in [0.1, 0.15) is 12.1 Å². The Morgan fingerprint density at radius 3 is 2.62 bits per heavy atom. The molecule has 16 heavy (non-hydrogen) atoms. The molecule has 7 heteroatoms. The van der Waals surface area contributed by atoms with E-state index < -0.39 is 0 Å². The number of halogens is 3. The van der Waals surface area contributed by atoms with Crippen LogP contribution in [0.2, 0.25) is 10.4 Å². The Kier molecular flexibility index (Phi) is 3.37. The molecule has 1 amide bonds. The maximum absolute atomic E-state index is 11.7. The Morgan fingerprint density at radius 2 is 2.12 bits per heavy atom. The molecule has 0 aromatic carbocycles. The molecular formula is C9H8BrCl2N3O. The molecule has 0 spiro atoms. The lowest BCUT2D eigenvalue weighted by Gasteiger charge is -2.18. The van der Waals surface area contributed by atoms with E-state index in [1.54, 1.807) is 11.8 Å².